The van der Waals surface area contributed by atoms with Gasteiger partial charge in [0, 0.05) is 12.1 Å². The van der Waals surface area contributed by atoms with E-state index in [2.05, 4.69) is 11.4 Å². The number of nitriles is 1. The molecule has 4 heteroatoms. The molecule has 0 aromatic heterocycles. The van der Waals surface area contributed by atoms with Crippen molar-refractivity contribution in [2.75, 3.05) is 6.54 Å². The van der Waals surface area contributed by atoms with E-state index in [1.807, 2.05) is 26.0 Å². The maximum absolute atomic E-state index is 12.1. The molecule has 2 N–H and O–H groups in total. The number of aliphatic hydroxyl groups excluding tert-OH is 1. The van der Waals surface area contributed by atoms with E-state index in [0.29, 0.717) is 5.56 Å². The zero-order chi connectivity index (χ0) is 16.2. The van der Waals surface area contributed by atoms with Gasteiger partial charge in [0.1, 0.15) is 0 Å². The summed E-state index contributed by atoms with van der Waals surface area (Å²) in [6.45, 7) is 4.36. The van der Waals surface area contributed by atoms with Crippen molar-refractivity contribution in [2.45, 2.75) is 51.0 Å². The Morgan fingerprint density at radius 3 is 2.36 bits per heavy atom. The van der Waals surface area contributed by atoms with E-state index in [9.17, 15) is 15.2 Å². The molecule has 1 unspecified atom stereocenters. The Kier molecular flexibility index (Phi) is 5.20. The standard InChI is InChI=1S/C18H24N2O2/c1-3-13(4-2)16(21)11-20-17(22)14-5-7-15(8-6-14)18(12-19)9-10-18/h5-8,13,16,21H,3-4,9-11H2,1-2H3,(H,20,22). The molecule has 2 rings (SSSR count). The minimum atomic E-state index is -0.508. The first-order valence-electron chi connectivity index (χ1n) is 8.04. The van der Waals surface area contributed by atoms with Crippen molar-refractivity contribution in [3.63, 3.8) is 0 Å². The van der Waals surface area contributed by atoms with Crippen LogP contribution in [0.3, 0.4) is 0 Å². The minimum Gasteiger partial charge on any atom is -0.391 e. The van der Waals surface area contributed by atoms with Gasteiger partial charge in [0.05, 0.1) is 17.6 Å². The summed E-state index contributed by atoms with van der Waals surface area (Å²) in [6.07, 6.45) is 3.09. The average molecular weight is 300 g/mol. The summed E-state index contributed by atoms with van der Waals surface area (Å²) in [4.78, 5) is 12.1. The molecule has 0 radical (unpaired) electrons. The molecule has 1 atom stereocenters. The van der Waals surface area contributed by atoms with Gasteiger partial charge in [-0.05, 0) is 36.5 Å². The second kappa shape index (κ2) is 6.93. The van der Waals surface area contributed by atoms with Crippen molar-refractivity contribution in [3.8, 4) is 6.07 Å². The quantitative estimate of drug-likeness (QED) is 0.813. The third-order valence-electron chi connectivity index (χ3n) is 4.73. The van der Waals surface area contributed by atoms with Crippen LogP contribution in [0.15, 0.2) is 24.3 Å². The van der Waals surface area contributed by atoms with Gasteiger partial charge in [-0.3, -0.25) is 4.79 Å². The molecule has 1 aliphatic rings. The third-order valence-corrected chi connectivity index (χ3v) is 4.73. The Bertz CT molecular complexity index is 551. The number of hydrogen-bond acceptors (Lipinski definition) is 3. The summed E-state index contributed by atoms with van der Waals surface area (Å²) < 4.78 is 0. The fraction of sp³-hybridized carbons (Fsp3) is 0.556. The largest absolute Gasteiger partial charge is 0.391 e. The average Bonchev–Trinajstić information content (AvgIpc) is 3.35. The number of nitrogens with zero attached hydrogens (tertiary/aromatic N) is 1. The number of nitrogens with one attached hydrogen (secondary N) is 1. The van der Waals surface area contributed by atoms with Gasteiger partial charge in [0.15, 0.2) is 0 Å². The Morgan fingerprint density at radius 1 is 1.32 bits per heavy atom. The molecule has 1 fully saturated rings. The molecule has 0 saturated heterocycles. The van der Waals surface area contributed by atoms with Gasteiger partial charge >= 0.3 is 0 Å². The summed E-state index contributed by atoms with van der Waals surface area (Å²) >= 11 is 0. The highest BCUT2D eigenvalue weighted by molar-refractivity contribution is 5.94. The van der Waals surface area contributed by atoms with Gasteiger partial charge in [-0.1, -0.05) is 38.8 Å². The van der Waals surface area contributed by atoms with Crippen molar-refractivity contribution < 1.29 is 9.90 Å². The maximum atomic E-state index is 12.1. The van der Waals surface area contributed by atoms with E-state index >= 15 is 0 Å². The number of benzene rings is 1. The van der Waals surface area contributed by atoms with E-state index in [1.165, 1.54) is 0 Å². The van der Waals surface area contributed by atoms with Crippen molar-refractivity contribution in [1.82, 2.24) is 5.32 Å². The van der Waals surface area contributed by atoms with Gasteiger partial charge in [-0.15, -0.1) is 0 Å². The Labute approximate surface area is 132 Å². The molecule has 1 aromatic rings. The molecule has 0 aliphatic heterocycles. The van der Waals surface area contributed by atoms with Crippen LogP contribution in [-0.2, 0) is 5.41 Å². The van der Waals surface area contributed by atoms with Gasteiger partial charge in [-0.2, -0.15) is 5.26 Å². The SMILES string of the molecule is CCC(CC)C(O)CNC(=O)c1ccc(C2(C#N)CC2)cc1. The summed E-state index contributed by atoms with van der Waals surface area (Å²) in [7, 11) is 0. The fourth-order valence-corrected chi connectivity index (χ4v) is 2.83. The van der Waals surface area contributed by atoms with E-state index in [4.69, 9.17) is 0 Å². The van der Waals surface area contributed by atoms with Crippen molar-refractivity contribution in [2.24, 2.45) is 5.92 Å². The number of aliphatic hydroxyl groups is 1. The van der Waals surface area contributed by atoms with Crippen LogP contribution in [-0.4, -0.2) is 23.7 Å². The second-order valence-electron chi connectivity index (χ2n) is 6.13. The Morgan fingerprint density at radius 2 is 1.91 bits per heavy atom. The van der Waals surface area contributed by atoms with Crippen LogP contribution in [0.25, 0.3) is 0 Å². The van der Waals surface area contributed by atoms with Crippen LogP contribution < -0.4 is 5.32 Å². The number of hydrogen-bond donors (Lipinski definition) is 2. The first-order valence-corrected chi connectivity index (χ1v) is 8.04. The van der Waals surface area contributed by atoms with Crippen LogP contribution in [0.1, 0.15) is 55.5 Å². The minimum absolute atomic E-state index is 0.182. The maximum Gasteiger partial charge on any atom is 0.251 e. The highest BCUT2D eigenvalue weighted by Crippen LogP contribution is 2.47. The smallest absolute Gasteiger partial charge is 0.251 e. The number of rotatable bonds is 7. The van der Waals surface area contributed by atoms with E-state index in [0.717, 1.165) is 31.2 Å². The third kappa shape index (κ3) is 3.48. The summed E-state index contributed by atoms with van der Waals surface area (Å²) in [5.74, 6) is 0.0337. The lowest BCUT2D eigenvalue weighted by molar-refractivity contribution is 0.0816. The Hall–Kier alpha value is -1.86. The predicted octanol–water partition coefficient (Wildman–Crippen LogP) is 2.77. The molecule has 0 spiro atoms. The molecule has 118 valence electrons. The lowest BCUT2D eigenvalue weighted by atomic mass is 9.96. The van der Waals surface area contributed by atoms with Crippen LogP contribution in [0, 0.1) is 17.2 Å². The highest BCUT2D eigenvalue weighted by Gasteiger charge is 2.44. The van der Waals surface area contributed by atoms with E-state index in [-0.39, 0.29) is 23.8 Å². The van der Waals surface area contributed by atoms with E-state index in [1.54, 1.807) is 12.1 Å². The van der Waals surface area contributed by atoms with Gasteiger partial charge in [0.2, 0.25) is 0 Å². The van der Waals surface area contributed by atoms with Gasteiger partial charge < -0.3 is 10.4 Å². The number of carbonyl (C=O) groups excluding carboxylic acids is 1. The van der Waals surface area contributed by atoms with E-state index < -0.39 is 6.10 Å². The van der Waals surface area contributed by atoms with Crippen LogP contribution in [0.2, 0.25) is 0 Å². The van der Waals surface area contributed by atoms with Crippen molar-refractivity contribution >= 4 is 5.91 Å². The van der Waals surface area contributed by atoms with Crippen molar-refractivity contribution in [3.05, 3.63) is 35.4 Å². The molecule has 0 heterocycles. The summed E-state index contributed by atoms with van der Waals surface area (Å²) in [6, 6.07) is 9.59. The zero-order valence-electron chi connectivity index (χ0n) is 13.3. The first-order chi connectivity index (χ1) is 10.6. The fourth-order valence-electron chi connectivity index (χ4n) is 2.83. The van der Waals surface area contributed by atoms with Crippen LogP contribution >= 0.6 is 0 Å². The van der Waals surface area contributed by atoms with Gasteiger partial charge in [0.25, 0.3) is 5.91 Å². The highest BCUT2D eigenvalue weighted by atomic mass is 16.3. The van der Waals surface area contributed by atoms with Gasteiger partial charge in [-0.25, -0.2) is 0 Å². The molecule has 4 nitrogen and oxygen atoms in total. The zero-order valence-corrected chi connectivity index (χ0v) is 13.3. The molecule has 1 aliphatic carbocycles. The molecule has 1 aromatic carbocycles. The number of amides is 1. The van der Waals surface area contributed by atoms with Crippen molar-refractivity contribution in [1.29, 1.82) is 5.26 Å². The molecular weight excluding hydrogens is 276 g/mol. The number of carbonyl (C=O) groups is 1. The lowest BCUT2D eigenvalue weighted by Crippen LogP contribution is -2.36. The van der Waals surface area contributed by atoms with Crippen LogP contribution in [0.4, 0.5) is 0 Å². The van der Waals surface area contributed by atoms with Crippen LogP contribution in [0.5, 0.6) is 0 Å². The molecular formula is C18H24N2O2. The normalized spacial score (nSPS) is 16.9. The lowest BCUT2D eigenvalue weighted by Gasteiger charge is -2.20. The monoisotopic (exact) mass is 300 g/mol. The molecule has 22 heavy (non-hydrogen) atoms. The molecule has 1 saturated carbocycles. The molecule has 1 amide bonds. The second-order valence-corrected chi connectivity index (χ2v) is 6.13. The Balaban J connectivity index is 1.92. The first kappa shape index (κ1) is 16.5. The summed E-state index contributed by atoms with van der Waals surface area (Å²) in [5, 5.41) is 22.0. The predicted molar refractivity (Wildman–Crippen MR) is 85.4 cm³/mol. The molecule has 0 bridgehead atoms. The summed E-state index contributed by atoms with van der Waals surface area (Å²) in [5.41, 5.74) is 1.23. The topological polar surface area (TPSA) is 73.1 Å².